The molecule has 2 aromatic rings. The molecular weight excluding hydrogens is 380 g/mol. The molecular formula is C20H23F2N5O2. The Kier molecular flexibility index (Phi) is 6.36. The lowest BCUT2D eigenvalue weighted by Gasteiger charge is -2.36. The lowest BCUT2D eigenvalue weighted by atomic mass is 10.0. The Morgan fingerprint density at radius 2 is 1.79 bits per heavy atom. The second-order valence-electron chi connectivity index (χ2n) is 6.95. The van der Waals surface area contributed by atoms with Crippen molar-refractivity contribution in [3.63, 3.8) is 0 Å². The maximum absolute atomic E-state index is 13.3. The largest absolute Gasteiger partial charge is 0.343 e. The second kappa shape index (κ2) is 8.93. The van der Waals surface area contributed by atoms with E-state index in [1.54, 1.807) is 11.9 Å². The molecule has 1 aromatic heterocycles. The monoisotopic (exact) mass is 403 g/mol. The van der Waals surface area contributed by atoms with Crippen LogP contribution in [0.2, 0.25) is 0 Å². The fraction of sp³-hybridized carbons (Fsp3) is 0.400. The highest BCUT2D eigenvalue weighted by Gasteiger charge is 2.27. The van der Waals surface area contributed by atoms with E-state index in [4.69, 9.17) is 0 Å². The zero-order valence-electron chi connectivity index (χ0n) is 16.4. The molecule has 0 bridgehead atoms. The van der Waals surface area contributed by atoms with Crippen molar-refractivity contribution in [1.82, 2.24) is 19.8 Å². The zero-order valence-corrected chi connectivity index (χ0v) is 16.4. The average Bonchev–Trinajstić information content (AvgIpc) is 2.72. The smallest absolute Gasteiger partial charge is 0.323 e. The number of urea groups is 1. The topological polar surface area (TPSA) is 78.4 Å². The Morgan fingerprint density at radius 1 is 1.14 bits per heavy atom. The van der Waals surface area contributed by atoms with E-state index >= 15 is 0 Å². The van der Waals surface area contributed by atoms with E-state index < -0.39 is 11.6 Å². The number of hydrogen-bond donors (Lipinski definition) is 1. The molecule has 0 spiro atoms. The molecule has 1 aliphatic heterocycles. The molecule has 154 valence electrons. The first kappa shape index (κ1) is 20.6. The van der Waals surface area contributed by atoms with Gasteiger partial charge in [0.2, 0.25) is 5.91 Å². The summed E-state index contributed by atoms with van der Waals surface area (Å²) in [6, 6.07) is 2.80. The predicted octanol–water partition coefficient (Wildman–Crippen LogP) is 3.29. The number of nitrogens with zero attached hydrogens (tertiary/aromatic N) is 4. The molecule has 0 radical (unpaired) electrons. The summed E-state index contributed by atoms with van der Waals surface area (Å²) >= 11 is 0. The van der Waals surface area contributed by atoms with Crippen molar-refractivity contribution in [2.45, 2.75) is 32.2 Å². The molecule has 7 nitrogen and oxygen atoms in total. The third-order valence-electron chi connectivity index (χ3n) is 5.03. The molecule has 0 unspecified atom stereocenters. The molecule has 2 heterocycles. The molecule has 29 heavy (non-hydrogen) atoms. The molecule has 1 N–H and O–H groups in total. The summed E-state index contributed by atoms with van der Waals surface area (Å²) in [6.45, 7) is 3.10. The van der Waals surface area contributed by atoms with Gasteiger partial charge in [0, 0.05) is 44.2 Å². The maximum atomic E-state index is 13.3. The van der Waals surface area contributed by atoms with Crippen LogP contribution >= 0.6 is 0 Å². The van der Waals surface area contributed by atoms with Gasteiger partial charge in [0.1, 0.15) is 11.6 Å². The van der Waals surface area contributed by atoms with Gasteiger partial charge >= 0.3 is 6.03 Å². The number of anilines is 1. The first-order valence-electron chi connectivity index (χ1n) is 9.47. The summed E-state index contributed by atoms with van der Waals surface area (Å²) in [4.78, 5) is 35.9. The van der Waals surface area contributed by atoms with Crippen LogP contribution in [-0.2, 0) is 4.79 Å². The van der Waals surface area contributed by atoms with E-state index in [1.165, 1.54) is 12.4 Å². The van der Waals surface area contributed by atoms with Crippen molar-refractivity contribution in [2.75, 3.05) is 25.5 Å². The molecule has 1 aromatic carbocycles. The van der Waals surface area contributed by atoms with E-state index in [1.807, 2.05) is 11.8 Å². The number of nitrogens with one attached hydrogen (secondary N) is 1. The summed E-state index contributed by atoms with van der Waals surface area (Å²) in [5, 5.41) is 2.67. The van der Waals surface area contributed by atoms with Gasteiger partial charge in [-0.05, 0) is 25.0 Å². The lowest BCUT2D eigenvalue weighted by molar-refractivity contribution is -0.132. The standard InChI is InChI=1S/C20H23F2N5O2/c1-3-19(28)27-6-4-16(5-7-27)26(2)20(29)25-18-12-23-17(11-24-18)13-8-14(21)10-15(22)9-13/h8-12,16H,3-7H2,1-2H3,(H,24,25,29). The van der Waals surface area contributed by atoms with Gasteiger partial charge in [-0.3, -0.25) is 15.1 Å². The van der Waals surface area contributed by atoms with E-state index in [0.29, 0.717) is 38.0 Å². The zero-order chi connectivity index (χ0) is 21.0. The summed E-state index contributed by atoms with van der Waals surface area (Å²) in [5.41, 5.74) is 0.557. The van der Waals surface area contributed by atoms with E-state index in [9.17, 15) is 18.4 Å². The number of hydrogen-bond acceptors (Lipinski definition) is 4. The SMILES string of the molecule is CCC(=O)N1CCC(N(C)C(=O)Nc2cnc(-c3cc(F)cc(F)c3)cn2)CC1. The van der Waals surface area contributed by atoms with Gasteiger partial charge in [-0.1, -0.05) is 6.92 Å². The number of carbonyl (C=O) groups is 2. The fourth-order valence-corrected chi connectivity index (χ4v) is 3.33. The van der Waals surface area contributed by atoms with Crippen LogP contribution in [0.25, 0.3) is 11.3 Å². The van der Waals surface area contributed by atoms with Gasteiger partial charge < -0.3 is 9.80 Å². The van der Waals surface area contributed by atoms with Crippen molar-refractivity contribution >= 4 is 17.8 Å². The molecule has 0 aliphatic carbocycles. The number of halogens is 2. The van der Waals surface area contributed by atoms with Crippen LogP contribution in [0.3, 0.4) is 0 Å². The molecule has 0 saturated carbocycles. The first-order chi connectivity index (χ1) is 13.9. The van der Waals surface area contributed by atoms with Gasteiger partial charge in [-0.15, -0.1) is 0 Å². The Bertz CT molecular complexity index is 863. The number of amides is 3. The average molecular weight is 403 g/mol. The van der Waals surface area contributed by atoms with E-state index in [0.717, 1.165) is 18.2 Å². The fourth-order valence-electron chi connectivity index (χ4n) is 3.33. The molecule has 1 saturated heterocycles. The molecule has 1 fully saturated rings. The minimum atomic E-state index is -0.701. The molecule has 3 amide bonds. The normalized spacial score (nSPS) is 14.6. The van der Waals surface area contributed by atoms with Crippen molar-refractivity contribution in [3.8, 4) is 11.3 Å². The lowest BCUT2D eigenvalue weighted by Crippen LogP contribution is -2.48. The Labute approximate surface area is 167 Å². The van der Waals surface area contributed by atoms with E-state index in [2.05, 4.69) is 15.3 Å². The number of rotatable bonds is 4. The minimum absolute atomic E-state index is 0.0263. The predicted molar refractivity (Wildman–Crippen MR) is 104 cm³/mol. The Hall–Kier alpha value is -3.10. The summed E-state index contributed by atoms with van der Waals surface area (Å²) in [6.07, 6.45) is 4.60. The van der Waals surface area contributed by atoms with Crippen molar-refractivity contribution in [2.24, 2.45) is 0 Å². The summed E-state index contributed by atoms with van der Waals surface area (Å²) in [5.74, 6) is -1.04. The van der Waals surface area contributed by atoms with Crippen LogP contribution in [0.4, 0.5) is 19.4 Å². The number of benzene rings is 1. The Balaban J connectivity index is 1.58. The second-order valence-corrected chi connectivity index (χ2v) is 6.95. The van der Waals surface area contributed by atoms with Crippen LogP contribution in [0, 0.1) is 11.6 Å². The van der Waals surface area contributed by atoms with Gasteiger partial charge in [0.15, 0.2) is 5.82 Å². The van der Waals surface area contributed by atoms with E-state index in [-0.39, 0.29) is 29.4 Å². The van der Waals surface area contributed by atoms with Crippen LogP contribution in [-0.4, -0.2) is 57.9 Å². The minimum Gasteiger partial charge on any atom is -0.343 e. The molecule has 9 heteroatoms. The van der Waals surface area contributed by atoms with Crippen molar-refractivity contribution in [3.05, 3.63) is 42.2 Å². The number of piperidine rings is 1. The van der Waals surface area contributed by atoms with Gasteiger partial charge in [0.05, 0.1) is 18.1 Å². The van der Waals surface area contributed by atoms with Gasteiger partial charge in [-0.25, -0.2) is 18.6 Å². The van der Waals surface area contributed by atoms with Crippen LogP contribution in [0.1, 0.15) is 26.2 Å². The van der Waals surface area contributed by atoms with Gasteiger partial charge in [-0.2, -0.15) is 0 Å². The first-order valence-corrected chi connectivity index (χ1v) is 9.47. The molecule has 0 atom stereocenters. The quantitative estimate of drug-likeness (QED) is 0.850. The summed E-state index contributed by atoms with van der Waals surface area (Å²) in [7, 11) is 1.70. The number of likely N-dealkylation sites (tertiary alicyclic amines) is 1. The highest BCUT2D eigenvalue weighted by molar-refractivity contribution is 5.88. The van der Waals surface area contributed by atoms with Crippen molar-refractivity contribution < 1.29 is 18.4 Å². The summed E-state index contributed by atoms with van der Waals surface area (Å²) < 4.78 is 26.7. The van der Waals surface area contributed by atoms with Crippen molar-refractivity contribution in [1.29, 1.82) is 0 Å². The third-order valence-corrected chi connectivity index (χ3v) is 5.03. The number of carbonyl (C=O) groups excluding carboxylic acids is 2. The van der Waals surface area contributed by atoms with Crippen LogP contribution in [0.15, 0.2) is 30.6 Å². The highest BCUT2D eigenvalue weighted by Crippen LogP contribution is 2.20. The van der Waals surface area contributed by atoms with Gasteiger partial charge in [0.25, 0.3) is 0 Å². The van der Waals surface area contributed by atoms with Crippen LogP contribution in [0.5, 0.6) is 0 Å². The Morgan fingerprint density at radius 3 is 2.34 bits per heavy atom. The number of aromatic nitrogens is 2. The molecule has 3 rings (SSSR count). The van der Waals surface area contributed by atoms with Crippen LogP contribution < -0.4 is 5.32 Å². The maximum Gasteiger partial charge on any atom is 0.323 e. The molecule has 1 aliphatic rings. The highest BCUT2D eigenvalue weighted by atomic mass is 19.1. The third kappa shape index (κ3) is 5.04.